The van der Waals surface area contributed by atoms with Crippen molar-refractivity contribution < 1.29 is 14.6 Å². The Morgan fingerprint density at radius 1 is 1.18 bits per heavy atom. The molecule has 0 bridgehead atoms. The number of β-amino-alcohol motifs (C(OH)–C–C–N with tert-alkyl or cyclic N) is 1. The fourth-order valence-corrected chi connectivity index (χ4v) is 4.42. The van der Waals surface area contributed by atoms with Crippen LogP contribution in [0.4, 0.5) is 0 Å². The van der Waals surface area contributed by atoms with Gasteiger partial charge in [-0.15, -0.1) is 0 Å². The highest BCUT2D eigenvalue weighted by Gasteiger charge is 2.33. The Labute approximate surface area is 136 Å². The predicted octanol–water partition coefficient (Wildman–Crippen LogP) is 2.69. The van der Waals surface area contributed by atoms with Crippen molar-refractivity contribution in [2.24, 2.45) is 11.3 Å². The lowest BCUT2D eigenvalue weighted by Gasteiger charge is -2.39. The van der Waals surface area contributed by atoms with Gasteiger partial charge in [0.1, 0.15) is 0 Å². The average Bonchev–Trinajstić information content (AvgIpc) is 2.32. The molecular formula is C18H35NO3. The summed E-state index contributed by atoms with van der Waals surface area (Å²) in [6.45, 7) is 14.1. The van der Waals surface area contributed by atoms with E-state index in [0.717, 1.165) is 25.9 Å². The van der Waals surface area contributed by atoms with Gasteiger partial charge in [0.15, 0.2) is 0 Å². The zero-order valence-corrected chi connectivity index (χ0v) is 15.0. The molecule has 2 fully saturated rings. The van der Waals surface area contributed by atoms with Crippen LogP contribution in [0.25, 0.3) is 0 Å². The number of ether oxygens (including phenoxy) is 2. The number of hydrogen-bond acceptors (Lipinski definition) is 4. The smallest absolute Gasteiger partial charge is 0.0900 e. The fourth-order valence-electron chi connectivity index (χ4n) is 4.42. The van der Waals surface area contributed by atoms with Gasteiger partial charge in [-0.05, 0) is 44.4 Å². The van der Waals surface area contributed by atoms with Crippen molar-refractivity contribution in [1.29, 1.82) is 0 Å². The first-order valence-electron chi connectivity index (χ1n) is 8.91. The summed E-state index contributed by atoms with van der Waals surface area (Å²) in [6, 6.07) is 0. The minimum absolute atomic E-state index is 0.247. The SMILES string of the molecule is C[C@@H]1C[C@H](OC[C@H](O)CN2C[C@@H](C)O[C@H](C)C2)CC(C)(C)C1. The molecule has 1 saturated heterocycles. The number of rotatable bonds is 5. The van der Waals surface area contributed by atoms with Crippen molar-refractivity contribution in [3.05, 3.63) is 0 Å². The van der Waals surface area contributed by atoms with Crippen molar-refractivity contribution >= 4 is 0 Å². The first-order valence-corrected chi connectivity index (χ1v) is 8.91. The number of morpholine rings is 1. The topological polar surface area (TPSA) is 41.9 Å². The first-order chi connectivity index (χ1) is 10.2. The van der Waals surface area contributed by atoms with Crippen molar-refractivity contribution in [3.8, 4) is 0 Å². The summed E-state index contributed by atoms with van der Waals surface area (Å²) in [5.41, 5.74) is 0.363. The van der Waals surface area contributed by atoms with Gasteiger partial charge in [0, 0.05) is 19.6 Å². The number of aliphatic hydroxyl groups is 1. The molecule has 5 atom stereocenters. The highest BCUT2D eigenvalue weighted by atomic mass is 16.5. The molecule has 0 aromatic rings. The van der Waals surface area contributed by atoms with Crippen LogP contribution in [0.2, 0.25) is 0 Å². The Kier molecular flexibility index (Phi) is 6.29. The van der Waals surface area contributed by atoms with Gasteiger partial charge in [-0.2, -0.15) is 0 Å². The third-order valence-corrected chi connectivity index (χ3v) is 4.84. The molecule has 1 aliphatic carbocycles. The fraction of sp³-hybridized carbons (Fsp3) is 1.00. The van der Waals surface area contributed by atoms with E-state index in [2.05, 4.69) is 39.5 Å². The monoisotopic (exact) mass is 313 g/mol. The molecule has 1 aliphatic heterocycles. The van der Waals surface area contributed by atoms with Gasteiger partial charge >= 0.3 is 0 Å². The van der Waals surface area contributed by atoms with E-state index in [-0.39, 0.29) is 12.2 Å². The molecule has 4 nitrogen and oxygen atoms in total. The lowest BCUT2D eigenvalue weighted by molar-refractivity contribution is -0.0928. The Morgan fingerprint density at radius 2 is 1.82 bits per heavy atom. The summed E-state index contributed by atoms with van der Waals surface area (Å²) in [5, 5.41) is 10.3. The van der Waals surface area contributed by atoms with Crippen molar-refractivity contribution in [1.82, 2.24) is 4.90 Å². The van der Waals surface area contributed by atoms with Gasteiger partial charge in [-0.1, -0.05) is 20.8 Å². The maximum atomic E-state index is 10.3. The van der Waals surface area contributed by atoms with Gasteiger partial charge in [0.2, 0.25) is 0 Å². The second-order valence-electron chi connectivity index (χ2n) is 8.50. The van der Waals surface area contributed by atoms with Gasteiger partial charge in [0.05, 0.1) is 31.0 Å². The van der Waals surface area contributed by atoms with E-state index in [0.29, 0.717) is 30.6 Å². The van der Waals surface area contributed by atoms with Gasteiger partial charge in [-0.25, -0.2) is 0 Å². The van der Waals surface area contributed by atoms with Crippen LogP contribution in [0.1, 0.15) is 53.9 Å². The summed E-state index contributed by atoms with van der Waals surface area (Å²) in [4.78, 5) is 2.29. The second-order valence-corrected chi connectivity index (χ2v) is 8.50. The minimum atomic E-state index is -0.405. The zero-order chi connectivity index (χ0) is 16.3. The van der Waals surface area contributed by atoms with Gasteiger partial charge in [-0.3, -0.25) is 4.90 Å². The number of aliphatic hydroxyl groups excluding tert-OH is 1. The van der Waals surface area contributed by atoms with Crippen molar-refractivity contribution in [2.45, 2.75) is 78.3 Å². The predicted molar refractivity (Wildman–Crippen MR) is 89.0 cm³/mol. The lowest BCUT2D eigenvalue weighted by atomic mass is 9.71. The molecule has 1 heterocycles. The van der Waals surface area contributed by atoms with Crippen LogP contribution in [-0.2, 0) is 9.47 Å². The molecule has 1 saturated carbocycles. The molecule has 22 heavy (non-hydrogen) atoms. The third kappa shape index (κ3) is 5.80. The summed E-state index contributed by atoms with van der Waals surface area (Å²) in [5.74, 6) is 0.715. The Balaban J connectivity index is 1.72. The molecule has 0 aromatic carbocycles. The van der Waals surface area contributed by atoms with Crippen LogP contribution in [0.3, 0.4) is 0 Å². The molecule has 0 amide bonds. The summed E-state index contributed by atoms with van der Waals surface area (Å²) in [7, 11) is 0. The second kappa shape index (κ2) is 7.61. The minimum Gasteiger partial charge on any atom is -0.389 e. The largest absolute Gasteiger partial charge is 0.389 e. The zero-order valence-electron chi connectivity index (χ0n) is 15.0. The summed E-state index contributed by atoms with van der Waals surface area (Å²) < 4.78 is 11.8. The molecule has 0 radical (unpaired) electrons. The Morgan fingerprint density at radius 3 is 2.41 bits per heavy atom. The molecule has 130 valence electrons. The van der Waals surface area contributed by atoms with E-state index in [1.54, 1.807) is 0 Å². The van der Waals surface area contributed by atoms with E-state index in [9.17, 15) is 5.11 Å². The van der Waals surface area contributed by atoms with E-state index in [1.807, 2.05) is 0 Å². The maximum Gasteiger partial charge on any atom is 0.0900 e. The molecule has 0 spiro atoms. The maximum absolute atomic E-state index is 10.3. The molecule has 4 heteroatoms. The molecule has 0 aromatic heterocycles. The van der Waals surface area contributed by atoms with Crippen LogP contribution in [0.15, 0.2) is 0 Å². The van der Waals surface area contributed by atoms with E-state index in [1.165, 1.54) is 6.42 Å². The summed E-state index contributed by atoms with van der Waals surface area (Å²) >= 11 is 0. The number of nitrogens with zero attached hydrogens (tertiary/aromatic N) is 1. The Hall–Kier alpha value is -0.160. The Bertz CT molecular complexity index is 337. The molecular weight excluding hydrogens is 278 g/mol. The standard InChI is InChI=1S/C18H35NO3/c1-13-6-17(8-18(4,5)7-13)21-12-16(20)11-19-9-14(2)22-15(3)10-19/h13-17,20H,6-12H2,1-5H3/t13-,14-,15-,16-,17+/m1/s1. The van der Waals surface area contributed by atoms with Crippen LogP contribution in [-0.4, -0.2) is 60.7 Å². The van der Waals surface area contributed by atoms with E-state index in [4.69, 9.17) is 9.47 Å². The highest BCUT2D eigenvalue weighted by molar-refractivity contribution is 4.84. The van der Waals surface area contributed by atoms with E-state index >= 15 is 0 Å². The molecule has 2 aliphatic rings. The number of hydrogen-bond donors (Lipinski definition) is 1. The molecule has 2 rings (SSSR count). The van der Waals surface area contributed by atoms with Gasteiger partial charge in [0.25, 0.3) is 0 Å². The van der Waals surface area contributed by atoms with Crippen LogP contribution >= 0.6 is 0 Å². The van der Waals surface area contributed by atoms with Crippen LogP contribution in [0.5, 0.6) is 0 Å². The molecule has 0 unspecified atom stereocenters. The normalized spacial score (nSPS) is 37.9. The third-order valence-electron chi connectivity index (χ3n) is 4.84. The summed E-state index contributed by atoms with van der Waals surface area (Å²) in [6.07, 6.45) is 3.90. The van der Waals surface area contributed by atoms with Crippen molar-refractivity contribution in [2.75, 3.05) is 26.2 Å². The average molecular weight is 313 g/mol. The first kappa shape index (κ1) is 18.2. The van der Waals surface area contributed by atoms with Crippen LogP contribution in [0, 0.1) is 11.3 Å². The van der Waals surface area contributed by atoms with Crippen molar-refractivity contribution in [3.63, 3.8) is 0 Å². The highest BCUT2D eigenvalue weighted by Crippen LogP contribution is 2.39. The quantitative estimate of drug-likeness (QED) is 0.847. The lowest BCUT2D eigenvalue weighted by Crippen LogP contribution is -2.48. The molecule has 1 N–H and O–H groups in total. The van der Waals surface area contributed by atoms with Crippen LogP contribution < -0.4 is 0 Å². The van der Waals surface area contributed by atoms with E-state index < -0.39 is 6.10 Å². The van der Waals surface area contributed by atoms with Gasteiger partial charge < -0.3 is 14.6 Å².